The van der Waals surface area contributed by atoms with Gasteiger partial charge in [-0.15, -0.1) is 0 Å². The molecular weight excluding hydrogens is 530 g/mol. The third-order valence-corrected chi connectivity index (χ3v) is 7.79. The van der Waals surface area contributed by atoms with Gasteiger partial charge in [-0.2, -0.15) is 0 Å². The number of amides is 1. The molecule has 0 unspecified atom stereocenters. The quantitative estimate of drug-likeness (QED) is 0.286. The van der Waals surface area contributed by atoms with Gasteiger partial charge in [0.2, 0.25) is 5.91 Å². The Hall–Kier alpha value is -2.84. The first-order valence-corrected chi connectivity index (χ1v) is 13.5. The molecule has 1 amide bonds. The highest BCUT2D eigenvalue weighted by atomic mass is 79.9. The molecule has 186 valence electrons. The average Bonchev–Trinajstić information content (AvgIpc) is 2.83. The largest absolute Gasteiger partial charge is 0.497 e. The van der Waals surface area contributed by atoms with Gasteiger partial charge >= 0.3 is 0 Å². The fourth-order valence-electron chi connectivity index (χ4n) is 3.42. The van der Waals surface area contributed by atoms with Crippen molar-refractivity contribution in [1.82, 2.24) is 0 Å². The number of hydrogen-bond donors (Lipinski definition) is 0. The van der Waals surface area contributed by atoms with E-state index in [0.29, 0.717) is 17.9 Å². The van der Waals surface area contributed by atoms with Crippen molar-refractivity contribution in [2.24, 2.45) is 0 Å². The first kappa shape index (κ1) is 26.8. The number of carbonyl (C=O) groups excluding carboxylic acids is 1. The van der Waals surface area contributed by atoms with Gasteiger partial charge in [0.25, 0.3) is 10.0 Å². The molecule has 3 rings (SSSR count). The van der Waals surface area contributed by atoms with Crippen molar-refractivity contribution in [2.45, 2.75) is 43.9 Å². The van der Waals surface area contributed by atoms with Crippen molar-refractivity contribution >= 4 is 37.5 Å². The lowest BCUT2D eigenvalue weighted by Gasteiger charge is -2.23. The molecule has 0 saturated heterocycles. The fourth-order valence-corrected chi connectivity index (χ4v) is 5.39. The number of anilines is 1. The van der Waals surface area contributed by atoms with Crippen LogP contribution in [0.5, 0.6) is 11.5 Å². The highest BCUT2D eigenvalue weighted by Gasteiger charge is 2.30. The summed E-state index contributed by atoms with van der Waals surface area (Å²) in [4.78, 5) is 13.2. The Kier molecular flexibility index (Phi) is 8.61. The summed E-state index contributed by atoms with van der Waals surface area (Å²) in [5.41, 5.74) is 1.44. The summed E-state index contributed by atoms with van der Waals surface area (Å²) in [7, 11) is -2.57. The van der Waals surface area contributed by atoms with Crippen molar-refractivity contribution in [2.75, 3.05) is 18.0 Å². The molecule has 0 atom stereocenters. The number of ether oxygens (including phenoxy) is 2. The highest BCUT2D eigenvalue weighted by molar-refractivity contribution is 9.10. The van der Waals surface area contributed by atoms with Gasteiger partial charge in [-0.1, -0.05) is 45.0 Å². The van der Waals surface area contributed by atoms with Crippen LogP contribution in [0.1, 0.15) is 39.2 Å². The molecular formula is C27H30BrNO5S. The Morgan fingerprint density at radius 1 is 0.971 bits per heavy atom. The van der Waals surface area contributed by atoms with Gasteiger partial charge in [0.1, 0.15) is 11.5 Å². The number of hydrogen-bond acceptors (Lipinski definition) is 5. The Bertz CT molecular complexity index is 1250. The molecule has 0 saturated carbocycles. The molecule has 8 heteroatoms. The monoisotopic (exact) mass is 559 g/mol. The minimum absolute atomic E-state index is 0.00418. The molecule has 0 bridgehead atoms. The molecule has 35 heavy (non-hydrogen) atoms. The second-order valence-corrected chi connectivity index (χ2v) is 11.7. The topological polar surface area (TPSA) is 72.9 Å². The molecule has 3 aromatic rings. The molecule has 0 aliphatic heterocycles. The van der Waals surface area contributed by atoms with E-state index in [4.69, 9.17) is 9.47 Å². The van der Waals surface area contributed by atoms with Crippen molar-refractivity contribution in [3.05, 3.63) is 82.8 Å². The van der Waals surface area contributed by atoms with Gasteiger partial charge in [-0.3, -0.25) is 4.79 Å². The third-order valence-electron chi connectivity index (χ3n) is 5.41. The van der Waals surface area contributed by atoms with Gasteiger partial charge in [0.15, 0.2) is 0 Å². The number of methoxy groups -OCH3 is 1. The van der Waals surface area contributed by atoms with Crippen LogP contribution in [0.3, 0.4) is 0 Å². The van der Waals surface area contributed by atoms with E-state index in [9.17, 15) is 13.2 Å². The van der Waals surface area contributed by atoms with Crippen molar-refractivity contribution in [3.63, 3.8) is 0 Å². The van der Waals surface area contributed by atoms with Gasteiger partial charge in [-0.25, -0.2) is 12.7 Å². The summed E-state index contributed by atoms with van der Waals surface area (Å²) >= 11 is 3.55. The first-order valence-electron chi connectivity index (χ1n) is 11.2. The summed E-state index contributed by atoms with van der Waals surface area (Å²) in [6.07, 6.45) is 0.346. The van der Waals surface area contributed by atoms with E-state index in [-0.39, 0.29) is 29.0 Å². The summed E-state index contributed by atoms with van der Waals surface area (Å²) < 4.78 is 39.5. The summed E-state index contributed by atoms with van der Waals surface area (Å²) in [5, 5.41) is 0. The van der Waals surface area contributed by atoms with E-state index in [0.717, 1.165) is 8.78 Å². The normalized spacial score (nSPS) is 11.7. The van der Waals surface area contributed by atoms with Crippen molar-refractivity contribution < 1.29 is 22.7 Å². The lowest BCUT2D eigenvalue weighted by atomic mass is 9.87. The predicted octanol–water partition coefficient (Wildman–Crippen LogP) is 6.34. The van der Waals surface area contributed by atoms with E-state index in [2.05, 4.69) is 36.7 Å². The molecule has 0 aliphatic carbocycles. The maximum Gasteiger partial charge on any atom is 0.270 e. The SMILES string of the molecule is COc1ccc(N(C(=O)CCCOc2ccc(C(C)(C)C)cc2Br)S(=O)(=O)c2ccccc2)cc1. The lowest BCUT2D eigenvalue weighted by molar-refractivity contribution is -0.117. The Morgan fingerprint density at radius 3 is 2.20 bits per heavy atom. The molecule has 0 fully saturated rings. The van der Waals surface area contributed by atoms with Gasteiger partial charge < -0.3 is 9.47 Å². The fraction of sp³-hybridized carbons (Fsp3) is 0.296. The zero-order chi connectivity index (χ0) is 25.6. The van der Waals surface area contributed by atoms with Crippen LogP contribution >= 0.6 is 15.9 Å². The summed E-state index contributed by atoms with van der Waals surface area (Å²) in [6.45, 7) is 6.68. The zero-order valence-corrected chi connectivity index (χ0v) is 22.7. The summed E-state index contributed by atoms with van der Waals surface area (Å²) in [6, 6.07) is 20.2. The minimum atomic E-state index is -4.09. The van der Waals surface area contributed by atoms with Crippen molar-refractivity contribution in [3.8, 4) is 11.5 Å². The van der Waals surface area contributed by atoms with Crippen LogP contribution in [0.25, 0.3) is 0 Å². The Labute approximate surface area is 216 Å². The number of rotatable bonds is 9. The van der Waals surface area contributed by atoms with Crippen LogP contribution in [0, 0.1) is 0 Å². The average molecular weight is 561 g/mol. The minimum Gasteiger partial charge on any atom is -0.497 e. The second-order valence-electron chi connectivity index (χ2n) is 9.02. The van der Waals surface area contributed by atoms with E-state index < -0.39 is 15.9 Å². The van der Waals surface area contributed by atoms with E-state index in [1.807, 2.05) is 18.2 Å². The maximum atomic E-state index is 13.4. The Balaban J connectivity index is 1.74. The van der Waals surface area contributed by atoms with E-state index in [1.54, 1.807) is 42.5 Å². The molecule has 0 aliphatic rings. The summed E-state index contributed by atoms with van der Waals surface area (Å²) in [5.74, 6) is 0.703. The molecule has 0 spiro atoms. The maximum absolute atomic E-state index is 13.4. The lowest BCUT2D eigenvalue weighted by Crippen LogP contribution is -2.37. The molecule has 3 aromatic carbocycles. The van der Waals surface area contributed by atoms with Crippen molar-refractivity contribution in [1.29, 1.82) is 0 Å². The van der Waals surface area contributed by atoms with Crippen LogP contribution in [-0.4, -0.2) is 28.0 Å². The van der Waals surface area contributed by atoms with Crippen LogP contribution in [-0.2, 0) is 20.2 Å². The van der Waals surface area contributed by atoms with Crippen LogP contribution < -0.4 is 13.8 Å². The third kappa shape index (κ3) is 6.64. The molecule has 0 aromatic heterocycles. The van der Waals surface area contributed by atoms with Crippen LogP contribution in [0.2, 0.25) is 0 Å². The molecule has 6 nitrogen and oxygen atoms in total. The number of sulfonamides is 1. The van der Waals surface area contributed by atoms with Gasteiger partial charge in [0, 0.05) is 6.42 Å². The van der Waals surface area contributed by atoms with Gasteiger partial charge in [-0.05, 0) is 81.9 Å². The second kappa shape index (κ2) is 11.3. The zero-order valence-electron chi connectivity index (χ0n) is 20.3. The molecule has 0 N–H and O–H groups in total. The smallest absolute Gasteiger partial charge is 0.270 e. The number of carbonyl (C=O) groups is 1. The predicted molar refractivity (Wildman–Crippen MR) is 142 cm³/mol. The standard InChI is InChI=1S/C27H30BrNO5S/c1-27(2,3)20-12-17-25(24(28)19-20)34-18-8-11-26(30)29(21-13-15-22(33-4)16-14-21)35(31,32)23-9-6-5-7-10-23/h5-7,9-10,12-17,19H,8,11,18H2,1-4H3. The van der Waals surface area contributed by atoms with Crippen LogP contribution in [0.15, 0.2) is 82.2 Å². The number of halogens is 1. The molecule has 0 heterocycles. The van der Waals surface area contributed by atoms with E-state index in [1.165, 1.54) is 24.8 Å². The Morgan fingerprint density at radius 2 is 1.63 bits per heavy atom. The number of benzene rings is 3. The van der Waals surface area contributed by atoms with E-state index >= 15 is 0 Å². The number of nitrogens with zero attached hydrogens (tertiary/aromatic N) is 1. The molecule has 0 radical (unpaired) electrons. The highest BCUT2D eigenvalue weighted by Crippen LogP contribution is 2.32. The van der Waals surface area contributed by atoms with Crippen LogP contribution in [0.4, 0.5) is 5.69 Å². The van der Waals surface area contributed by atoms with Gasteiger partial charge in [0.05, 0.1) is 28.8 Å². The first-order chi connectivity index (χ1) is 16.5.